The van der Waals surface area contributed by atoms with Gasteiger partial charge in [-0.3, -0.25) is 10.4 Å². The van der Waals surface area contributed by atoms with Gasteiger partial charge in [0.05, 0.1) is 5.39 Å². The topological polar surface area (TPSA) is 82.7 Å². The highest BCUT2D eigenvalue weighted by molar-refractivity contribution is 5.99. The first-order chi connectivity index (χ1) is 9.11. The van der Waals surface area contributed by atoms with Crippen molar-refractivity contribution in [1.29, 1.82) is 0 Å². The van der Waals surface area contributed by atoms with Gasteiger partial charge in [0.25, 0.3) is 0 Å². The van der Waals surface area contributed by atoms with E-state index in [9.17, 15) is 4.79 Å². The van der Waals surface area contributed by atoms with Crippen LogP contribution in [0.4, 0.5) is 10.6 Å². The zero-order valence-electron chi connectivity index (χ0n) is 11.5. The van der Waals surface area contributed by atoms with Crippen molar-refractivity contribution in [3.63, 3.8) is 0 Å². The molecule has 0 fully saturated rings. The number of hydrogen-bond acceptors (Lipinski definition) is 3. The third kappa shape index (κ3) is 3.01. The van der Waals surface area contributed by atoms with E-state index >= 15 is 0 Å². The highest BCUT2D eigenvalue weighted by Crippen LogP contribution is 2.23. The SMILES string of the molecule is CCCCNC(=O)Nc1n[nH]c2nc(C)cc(C)c12. The predicted molar refractivity (Wildman–Crippen MR) is 75.3 cm³/mol. The number of carbonyl (C=O) groups excluding carboxylic acids is 1. The Morgan fingerprint density at radius 1 is 1.42 bits per heavy atom. The second kappa shape index (κ2) is 5.69. The molecule has 102 valence electrons. The van der Waals surface area contributed by atoms with Crippen molar-refractivity contribution in [3.05, 3.63) is 17.3 Å². The molecular weight excluding hydrogens is 242 g/mol. The van der Waals surface area contributed by atoms with Crippen LogP contribution in [-0.4, -0.2) is 27.8 Å². The fraction of sp³-hybridized carbons (Fsp3) is 0.462. The lowest BCUT2D eigenvalue weighted by Crippen LogP contribution is -2.29. The van der Waals surface area contributed by atoms with E-state index in [1.165, 1.54) is 0 Å². The lowest BCUT2D eigenvalue weighted by atomic mass is 10.2. The van der Waals surface area contributed by atoms with Crippen LogP contribution in [-0.2, 0) is 0 Å². The Labute approximate surface area is 112 Å². The molecule has 2 aromatic rings. The number of carbonyl (C=O) groups is 1. The molecule has 2 aromatic heterocycles. The number of aromatic amines is 1. The quantitative estimate of drug-likeness (QED) is 0.739. The van der Waals surface area contributed by atoms with E-state index in [2.05, 4.69) is 32.7 Å². The van der Waals surface area contributed by atoms with Gasteiger partial charge in [0, 0.05) is 12.2 Å². The van der Waals surface area contributed by atoms with Crippen molar-refractivity contribution in [1.82, 2.24) is 20.5 Å². The van der Waals surface area contributed by atoms with E-state index in [-0.39, 0.29) is 6.03 Å². The van der Waals surface area contributed by atoms with Crippen LogP contribution in [0, 0.1) is 13.8 Å². The number of rotatable bonds is 4. The molecule has 0 bridgehead atoms. The first-order valence-electron chi connectivity index (χ1n) is 6.49. The lowest BCUT2D eigenvalue weighted by molar-refractivity contribution is 0.252. The molecule has 0 aromatic carbocycles. The van der Waals surface area contributed by atoms with Gasteiger partial charge in [-0.2, -0.15) is 5.10 Å². The molecule has 2 rings (SSSR count). The molecule has 19 heavy (non-hydrogen) atoms. The molecule has 0 unspecified atom stereocenters. The summed E-state index contributed by atoms with van der Waals surface area (Å²) in [5, 5.41) is 13.3. The number of nitrogens with zero attached hydrogens (tertiary/aromatic N) is 2. The van der Waals surface area contributed by atoms with Gasteiger partial charge in [-0.25, -0.2) is 9.78 Å². The second-order valence-corrected chi connectivity index (χ2v) is 4.61. The average Bonchev–Trinajstić information content (AvgIpc) is 2.72. The van der Waals surface area contributed by atoms with Gasteiger partial charge in [-0.15, -0.1) is 0 Å². The molecule has 0 saturated carbocycles. The Bertz CT molecular complexity index is 590. The highest BCUT2D eigenvalue weighted by Gasteiger charge is 2.12. The number of aryl methyl sites for hydroxylation is 2. The zero-order valence-corrected chi connectivity index (χ0v) is 11.5. The zero-order chi connectivity index (χ0) is 13.8. The van der Waals surface area contributed by atoms with Crippen molar-refractivity contribution in [2.24, 2.45) is 0 Å². The second-order valence-electron chi connectivity index (χ2n) is 4.61. The maximum atomic E-state index is 11.7. The summed E-state index contributed by atoms with van der Waals surface area (Å²) in [6.45, 7) is 6.66. The summed E-state index contributed by atoms with van der Waals surface area (Å²) in [4.78, 5) is 16.1. The number of H-pyrrole nitrogens is 1. The molecule has 2 heterocycles. The van der Waals surface area contributed by atoms with Gasteiger partial charge < -0.3 is 5.32 Å². The summed E-state index contributed by atoms with van der Waals surface area (Å²) in [6.07, 6.45) is 2.02. The molecule has 0 aliphatic heterocycles. The number of amides is 2. The molecule has 0 aliphatic carbocycles. The molecule has 0 spiro atoms. The van der Waals surface area contributed by atoms with Crippen molar-refractivity contribution in [2.45, 2.75) is 33.6 Å². The van der Waals surface area contributed by atoms with Crippen LogP contribution < -0.4 is 10.6 Å². The van der Waals surface area contributed by atoms with Gasteiger partial charge >= 0.3 is 6.03 Å². The number of aromatic nitrogens is 3. The summed E-state index contributed by atoms with van der Waals surface area (Å²) in [7, 11) is 0. The maximum Gasteiger partial charge on any atom is 0.320 e. The van der Waals surface area contributed by atoms with Crippen LogP contribution in [0.3, 0.4) is 0 Å². The molecule has 3 N–H and O–H groups in total. The minimum atomic E-state index is -0.234. The van der Waals surface area contributed by atoms with E-state index in [0.717, 1.165) is 29.5 Å². The Kier molecular flexibility index (Phi) is 3.99. The van der Waals surface area contributed by atoms with Gasteiger partial charge in [0.15, 0.2) is 11.5 Å². The highest BCUT2D eigenvalue weighted by atomic mass is 16.2. The lowest BCUT2D eigenvalue weighted by Gasteiger charge is -2.05. The standard InChI is InChI=1S/C13H19N5O/c1-4-5-6-14-13(19)16-12-10-8(2)7-9(3)15-11(10)17-18-12/h7H,4-6H2,1-3H3,(H3,14,15,16,17,18,19). The minimum absolute atomic E-state index is 0.234. The van der Waals surface area contributed by atoms with Gasteiger partial charge in [0.1, 0.15) is 0 Å². The van der Waals surface area contributed by atoms with Crippen LogP contribution in [0.1, 0.15) is 31.0 Å². The molecule has 6 nitrogen and oxygen atoms in total. The van der Waals surface area contributed by atoms with Crippen LogP contribution in [0.2, 0.25) is 0 Å². The number of fused-ring (bicyclic) bond motifs is 1. The summed E-state index contributed by atoms with van der Waals surface area (Å²) in [5.41, 5.74) is 2.66. The summed E-state index contributed by atoms with van der Waals surface area (Å²) >= 11 is 0. The Morgan fingerprint density at radius 3 is 2.95 bits per heavy atom. The predicted octanol–water partition coefficient (Wildman–Crippen LogP) is 2.50. The summed E-state index contributed by atoms with van der Waals surface area (Å²) < 4.78 is 0. The molecular formula is C13H19N5O. The molecule has 6 heteroatoms. The van der Waals surface area contributed by atoms with Crippen LogP contribution in [0.5, 0.6) is 0 Å². The van der Waals surface area contributed by atoms with E-state index in [1.807, 2.05) is 19.9 Å². The Balaban J connectivity index is 2.15. The number of anilines is 1. The van der Waals surface area contributed by atoms with Crippen molar-refractivity contribution in [3.8, 4) is 0 Å². The number of nitrogens with one attached hydrogen (secondary N) is 3. The monoisotopic (exact) mass is 261 g/mol. The number of pyridine rings is 1. The summed E-state index contributed by atoms with van der Waals surface area (Å²) in [6, 6.07) is 1.74. The number of hydrogen-bond donors (Lipinski definition) is 3. The van der Waals surface area contributed by atoms with Crippen molar-refractivity contribution in [2.75, 3.05) is 11.9 Å². The minimum Gasteiger partial charge on any atom is -0.338 e. The molecule has 0 radical (unpaired) electrons. The summed E-state index contributed by atoms with van der Waals surface area (Å²) in [5.74, 6) is 0.522. The molecule has 0 atom stereocenters. The van der Waals surface area contributed by atoms with E-state index in [1.54, 1.807) is 0 Å². The average molecular weight is 261 g/mol. The van der Waals surface area contributed by atoms with E-state index in [4.69, 9.17) is 0 Å². The van der Waals surface area contributed by atoms with E-state index < -0.39 is 0 Å². The molecule has 2 amide bonds. The van der Waals surface area contributed by atoms with Crippen LogP contribution in [0.25, 0.3) is 11.0 Å². The molecule has 0 saturated heterocycles. The number of unbranched alkanes of at least 4 members (excludes halogenated alkanes) is 1. The normalized spacial score (nSPS) is 10.7. The third-order valence-electron chi connectivity index (χ3n) is 2.90. The maximum absolute atomic E-state index is 11.7. The van der Waals surface area contributed by atoms with Gasteiger partial charge in [-0.1, -0.05) is 13.3 Å². The third-order valence-corrected chi connectivity index (χ3v) is 2.90. The number of urea groups is 1. The van der Waals surface area contributed by atoms with Crippen molar-refractivity contribution < 1.29 is 4.79 Å². The first kappa shape index (κ1) is 13.3. The first-order valence-corrected chi connectivity index (χ1v) is 6.49. The van der Waals surface area contributed by atoms with E-state index in [0.29, 0.717) is 18.0 Å². The molecule has 0 aliphatic rings. The van der Waals surface area contributed by atoms with Crippen molar-refractivity contribution >= 4 is 22.9 Å². The van der Waals surface area contributed by atoms with Crippen LogP contribution >= 0.6 is 0 Å². The fourth-order valence-corrected chi connectivity index (χ4v) is 2.00. The van der Waals surface area contributed by atoms with Crippen LogP contribution in [0.15, 0.2) is 6.07 Å². The Morgan fingerprint density at radius 2 is 2.21 bits per heavy atom. The Hall–Kier alpha value is -2.11. The van der Waals surface area contributed by atoms with Gasteiger partial charge in [0.2, 0.25) is 0 Å². The fourth-order valence-electron chi connectivity index (χ4n) is 2.00. The smallest absolute Gasteiger partial charge is 0.320 e. The largest absolute Gasteiger partial charge is 0.338 e. The van der Waals surface area contributed by atoms with Gasteiger partial charge in [-0.05, 0) is 31.9 Å².